The lowest BCUT2D eigenvalue weighted by atomic mass is 9.83. The fraction of sp³-hybridized carbons (Fsp3) is 0.625. The summed E-state index contributed by atoms with van der Waals surface area (Å²) in [6, 6.07) is 5.67. The molecule has 1 saturated heterocycles. The van der Waals surface area contributed by atoms with Crippen LogP contribution in [0.2, 0.25) is 0 Å². The minimum absolute atomic E-state index is 0.169. The molecule has 0 amide bonds. The lowest BCUT2D eigenvalue weighted by Gasteiger charge is -2.33. The molecular formula is C16H22BrNO2. The molecule has 1 aliphatic carbocycles. The molecule has 20 heavy (non-hydrogen) atoms. The summed E-state index contributed by atoms with van der Waals surface area (Å²) in [5.74, 6) is 0.810. The molecule has 1 unspecified atom stereocenters. The predicted molar refractivity (Wildman–Crippen MR) is 84.0 cm³/mol. The Bertz CT molecular complexity index is 451. The van der Waals surface area contributed by atoms with E-state index in [2.05, 4.69) is 15.9 Å². The van der Waals surface area contributed by atoms with Crippen LogP contribution in [0.5, 0.6) is 5.75 Å². The van der Waals surface area contributed by atoms with E-state index in [1.807, 2.05) is 18.2 Å². The van der Waals surface area contributed by atoms with Gasteiger partial charge < -0.3 is 15.2 Å². The SMILES string of the molecule is Nc1cc(Br)cc(OCC2CCC3(CCCCC3)O2)c1. The Labute approximate surface area is 129 Å². The Morgan fingerprint density at radius 2 is 2.00 bits per heavy atom. The molecule has 2 fully saturated rings. The van der Waals surface area contributed by atoms with Gasteiger partial charge in [-0.2, -0.15) is 0 Å². The van der Waals surface area contributed by atoms with Crippen LogP contribution in [0, 0.1) is 0 Å². The van der Waals surface area contributed by atoms with Crippen molar-refractivity contribution in [2.75, 3.05) is 12.3 Å². The van der Waals surface area contributed by atoms with Gasteiger partial charge >= 0.3 is 0 Å². The molecule has 0 aromatic heterocycles. The molecule has 2 N–H and O–H groups in total. The summed E-state index contributed by atoms with van der Waals surface area (Å²) in [7, 11) is 0. The minimum Gasteiger partial charge on any atom is -0.491 e. The van der Waals surface area contributed by atoms with E-state index in [1.54, 1.807) is 0 Å². The highest BCUT2D eigenvalue weighted by Crippen LogP contribution is 2.42. The number of anilines is 1. The first-order chi connectivity index (χ1) is 9.65. The zero-order valence-corrected chi connectivity index (χ0v) is 13.3. The molecule has 1 aliphatic heterocycles. The maximum Gasteiger partial charge on any atom is 0.122 e. The molecule has 1 spiro atoms. The second-order valence-electron chi connectivity index (χ2n) is 6.05. The van der Waals surface area contributed by atoms with Crippen LogP contribution in [0.4, 0.5) is 5.69 Å². The summed E-state index contributed by atoms with van der Waals surface area (Å²) in [4.78, 5) is 0. The normalized spacial score (nSPS) is 24.9. The maximum atomic E-state index is 6.30. The lowest BCUT2D eigenvalue weighted by molar-refractivity contribution is -0.0748. The van der Waals surface area contributed by atoms with Crippen molar-refractivity contribution in [2.45, 2.75) is 56.7 Å². The molecule has 2 aliphatic rings. The van der Waals surface area contributed by atoms with Crippen LogP contribution in [0.1, 0.15) is 44.9 Å². The van der Waals surface area contributed by atoms with Gasteiger partial charge in [0.15, 0.2) is 0 Å². The quantitative estimate of drug-likeness (QED) is 0.835. The van der Waals surface area contributed by atoms with Crippen molar-refractivity contribution in [2.24, 2.45) is 0 Å². The Morgan fingerprint density at radius 3 is 2.75 bits per heavy atom. The molecule has 3 nitrogen and oxygen atoms in total. The van der Waals surface area contributed by atoms with E-state index in [-0.39, 0.29) is 11.7 Å². The van der Waals surface area contributed by atoms with Crippen LogP contribution in [0.25, 0.3) is 0 Å². The average molecular weight is 340 g/mol. The zero-order chi connectivity index (χ0) is 14.0. The van der Waals surface area contributed by atoms with Crippen LogP contribution in [0.3, 0.4) is 0 Å². The fourth-order valence-corrected chi connectivity index (χ4v) is 3.92. The van der Waals surface area contributed by atoms with Gasteiger partial charge in [-0.3, -0.25) is 0 Å². The Balaban J connectivity index is 1.54. The van der Waals surface area contributed by atoms with E-state index in [9.17, 15) is 0 Å². The van der Waals surface area contributed by atoms with E-state index in [4.69, 9.17) is 15.2 Å². The molecule has 3 rings (SSSR count). The van der Waals surface area contributed by atoms with Crippen LogP contribution in [0.15, 0.2) is 22.7 Å². The number of nitrogens with two attached hydrogens (primary N) is 1. The number of ether oxygens (including phenoxy) is 2. The van der Waals surface area contributed by atoms with E-state index in [0.717, 1.165) is 16.6 Å². The molecule has 4 heteroatoms. The smallest absolute Gasteiger partial charge is 0.122 e. The number of rotatable bonds is 3. The van der Waals surface area contributed by atoms with Gasteiger partial charge in [0.25, 0.3) is 0 Å². The third kappa shape index (κ3) is 3.29. The Hall–Kier alpha value is -0.740. The lowest BCUT2D eigenvalue weighted by Crippen LogP contribution is -2.32. The van der Waals surface area contributed by atoms with Crippen LogP contribution < -0.4 is 10.5 Å². The van der Waals surface area contributed by atoms with Crippen molar-refractivity contribution in [3.8, 4) is 5.75 Å². The second-order valence-corrected chi connectivity index (χ2v) is 6.97. The maximum absolute atomic E-state index is 6.30. The number of halogens is 1. The minimum atomic E-state index is 0.169. The summed E-state index contributed by atoms with van der Waals surface area (Å²) >= 11 is 3.43. The van der Waals surface area contributed by atoms with Crippen LogP contribution in [-0.4, -0.2) is 18.3 Å². The molecule has 1 saturated carbocycles. The topological polar surface area (TPSA) is 44.5 Å². The molecule has 1 heterocycles. The average Bonchev–Trinajstić information content (AvgIpc) is 2.79. The van der Waals surface area contributed by atoms with Gasteiger partial charge in [0.2, 0.25) is 0 Å². The number of nitrogen functional groups attached to an aromatic ring is 1. The van der Waals surface area contributed by atoms with Gasteiger partial charge in [-0.25, -0.2) is 0 Å². The van der Waals surface area contributed by atoms with E-state index in [0.29, 0.717) is 12.3 Å². The molecule has 1 aromatic rings. The van der Waals surface area contributed by atoms with Crippen molar-refractivity contribution in [3.05, 3.63) is 22.7 Å². The van der Waals surface area contributed by atoms with Gasteiger partial charge in [-0.1, -0.05) is 35.2 Å². The van der Waals surface area contributed by atoms with E-state index < -0.39 is 0 Å². The highest BCUT2D eigenvalue weighted by molar-refractivity contribution is 9.10. The summed E-state index contributed by atoms with van der Waals surface area (Å²) < 4.78 is 13.1. The van der Waals surface area contributed by atoms with Crippen molar-refractivity contribution >= 4 is 21.6 Å². The zero-order valence-electron chi connectivity index (χ0n) is 11.7. The van der Waals surface area contributed by atoms with E-state index in [1.165, 1.54) is 38.5 Å². The number of benzene rings is 1. The molecular weight excluding hydrogens is 318 g/mol. The van der Waals surface area contributed by atoms with Crippen molar-refractivity contribution in [3.63, 3.8) is 0 Å². The largest absolute Gasteiger partial charge is 0.491 e. The first-order valence-electron chi connectivity index (χ1n) is 7.52. The van der Waals surface area contributed by atoms with Gasteiger partial charge in [-0.05, 0) is 37.8 Å². The van der Waals surface area contributed by atoms with Crippen LogP contribution in [-0.2, 0) is 4.74 Å². The van der Waals surface area contributed by atoms with Crippen molar-refractivity contribution in [1.82, 2.24) is 0 Å². The summed E-state index contributed by atoms with van der Waals surface area (Å²) in [6.45, 7) is 0.623. The fourth-order valence-electron chi connectivity index (χ4n) is 3.43. The molecule has 0 bridgehead atoms. The first kappa shape index (κ1) is 14.2. The third-order valence-corrected chi connectivity index (χ3v) is 4.89. The summed E-state index contributed by atoms with van der Waals surface area (Å²) in [5.41, 5.74) is 6.70. The first-order valence-corrected chi connectivity index (χ1v) is 8.31. The third-order valence-electron chi connectivity index (χ3n) is 4.43. The van der Waals surface area contributed by atoms with Crippen molar-refractivity contribution < 1.29 is 9.47 Å². The standard InChI is InChI=1S/C16H22BrNO2/c17-12-8-13(18)10-15(9-12)19-11-14-4-7-16(20-14)5-2-1-3-6-16/h8-10,14H,1-7,11,18H2. The van der Waals surface area contributed by atoms with Crippen LogP contribution >= 0.6 is 15.9 Å². The molecule has 0 radical (unpaired) electrons. The number of hydrogen-bond acceptors (Lipinski definition) is 3. The summed E-state index contributed by atoms with van der Waals surface area (Å²) in [6.07, 6.45) is 8.99. The van der Waals surface area contributed by atoms with Gasteiger partial charge in [0.05, 0.1) is 11.7 Å². The second kappa shape index (κ2) is 5.94. The van der Waals surface area contributed by atoms with E-state index >= 15 is 0 Å². The Morgan fingerprint density at radius 1 is 1.20 bits per heavy atom. The van der Waals surface area contributed by atoms with Gasteiger partial charge in [-0.15, -0.1) is 0 Å². The van der Waals surface area contributed by atoms with Crippen molar-refractivity contribution in [1.29, 1.82) is 0 Å². The highest BCUT2D eigenvalue weighted by Gasteiger charge is 2.40. The highest BCUT2D eigenvalue weighted by atomic mass is 79.9. The summed E-state index contributed by atoms with van der Waals surface area (Å²) in [5, 5.41) is 0. The Kier molecular flexibility index (Phi) is 4.22. The monoisotopic (exact) mass is 339 g/mol. The molecule has 1 atom stereocenters. The van der Waals surface area contributed by atoms with Gasteiger partial charge in [0.1, 0.15) is 12.4 Å². The predicted octanol–water partition coefficient (Wildman–Crippen LogP) is 4.29. The number of hydrogen-bond donors (Lipinski definition) is 1. The molecule has 1 aromatic carbocycles. The molecule has 110 valence electrons. The van der Waals surface area contributed by atoms with Gasteiger partial charge in [0, 0.05) is 16.2 Å².